The second-order valence-corrected chi connectivity index (χ2v) is 11.1. The Labute approximate surface area is 194 Å². The lowest BCUT2D eigenvalue weighted by Gasteiger charge is -2.55. The molecule has 0 saturated heterocycles. The summed E-state index contributed by atoms with van der Waals surface area (Å²) in [6.07, 6.45) is 9.33. The number of unbranched alkanes of at least 4 members (excludes halogenated alkanes) is 1. The Morgan fingerprint density at radius 3 is 2.56 bits per heavy atom. The third kappa shape index (κ3) is 4.45. The van der Waals surface area contributed by atoms with Gasteiger partial charge >= 0.3 is 0 Å². The van der Waals surface area contributed by atoms with E-state index in [1.54, 1.807) is 23.9 Å². The number of nitrogens with one attached hydrogen (secondary N) is 1. The number of hydrogen-bond acceptors (Lipinski definition) is 4. The van der Waals surface area contributed by atoms with E-state index in [9.17, 15) is 9.18 Å². The molecule has 6 rings (SSSR count). The summed E-state index contributed by atoms with van der Waals surface area (Å²) in [5.74, 6) is 3.74. The summed E-state index contributed by atoms with van der Waals surface area (Å²) in [6, 6.07) is 6.68. The quantitative estimate of drug-likeness (QED) is 0.517. The zero-order valence-corrected chi connectivity index (χ0v) is 19.7. The van der Waals surface area contributed by atoms with Crippen LogP contribution in [0.2, 0.25) is 0 Å². The molecule has 7 heteroatoms. The number of benzene rings is 1. The van der Waals surface area contributed by atoms with Gasteiger partial charge in [-0.15, -0.1) is 10.2 Å². The van der Waals surface area contributed by atoms with Crippen LogP contribution in [0, 0.1) is 29.0 Å². The number of halogens is 1. The molecular formula is C25H33FN4OS. The largest absolute Gasteiger partial charge is 0.348 e. The topological polar surface area (TPSA) is 59.8 Å². The second-order valence-electron chi connectivity index (χ2n) is 10.2. The van der Waals surface area contributed by atoms with Crippen LogP contribution in [-0.4, -0.2) is 20.7 Å². The molecular weight excluding hydrogens is 423 g/mol. The van der Waals surface area contributed by atoms with Gasteiger partial charge in [0.15, 0.2) is 11.0 Å². The van der Waals surface area contributed by atoms with Crippen molar-refractivity contribution >= 4 is 17.7 Å². The van der Waals surface area contributed by atoms with Crippen LogP contribution in [0.5, 0.6) is 0 Å². The highest BCUT2D eigenvalue weighted by atomic mass is 32.2. The predicted molar refractivity (Wildman–Crippen MR) is 123 cm³/mol. The van der Waals surface area contributed by atoms with Gasteiger partial charge in [-0.2, -0.15) is 0 Å². The predicted octanol–water partition coefficient (Wildman–Crippen LogP) is 5.34. The van der Waals surface area contributed by atoms with Gasteiger partial charge in [-0.25, -0.2) is 4.39 Å². The van der Waals surface area contributed by atoms with Crippen molar-refractivity contribution < 1.29 is 9.18 Å². The smallest absolute Gasteiger partial charge is 0.226 e. The Morgan fingerprint density at radius 1 is 1.19 bits per heavy atom. The van der Waals surface area contributed by atoms with Gasteiger partial charge in [0.05, 0.1) is 6.54 Å². The lowest BCUT2D eigenvalue weighted by molar-refractivity contribution is -0.146. The normalized spacial score (nSPS) is 28.2. The van der Waals surface area contributed by atoms with Gasteiger partial charge < -0.3 is 9.88 Å². The van der Waals surface area contributed by atoms with E-state index < -0.39 is 0 Å². The third-order valence-corrected chi connectivity index (χ3v) is 8.75. The van der Waals surface area contributed by atoms with E-state index >= 15 is 0 Å². The summed E-state index contributed by atoms with van der Waals surface area (Å²) >= 11 is 1.57. The summed E-state index contributed by atoms with van der Waals surface area (Å²) in [5, 5.41) is 12.9. The molecule has 4 aliphatic carbocycles. The molecule has 5 nitrogen and oxygen atoms in total. The van der Waals surface area contributed by atoms with E-state index in [0.29, 0.717) is 12.3 Å². The molecule has 1 amide bonds. The molecule has 4 fully saturated rings. The van der Waals surface area contributed by atoms with Crippen LogP contribution >= 0.6 is 11.8 Å². The van der Waals surface area contributed by atoms with Gasteiger partial charge in [0.2, 0.25) is 5.91 Å². The monoisotopic (exact) mass is 456 g/mol. The van der Waals surface area contributed by atoms with Crippen molar-refractivity contribution in [1.82, 2.24) is 20.1 Å². The van der Waals surface area contributed by atoms with Crippen LogP contribution in [0.3, 0.4) is 0 Å². The fourth-order valence-corrected chi connectivity index (χ4v) is 7.53. The summed E-state index contributed by atoms with van der Waals surface area (Å²) in [4.78, 5) is 13.3. The van der Waals surface area contributed by atoms with Gasteiger partial charge in [0.25, 0.3) is 0 Å². The van der Waals surface area contributed by atoms with Crippen molar-refractivity contribution in [2.75, 3.05) is 0 Å². The number of nitrogens with zero attached hydrogens (tertiary/aromatic N) is 3. The van der Waals surface area contributed by atoms with Crippen LogP contribution in [0.15, 0.2) is 29.4 Å². The molecule has 1 N–H and O–H groups in total. The zero-order valence-electron chi connectivity index (χ0n) is 18.9. The molecule has 4 bridgehead atoms. The van der Waals surface area contributed by atoms with Gasteiger partial charge in [-0.1, -0.05) is 37.2 Å². The zero-order chi connectivity index (χ0) is 22.1. The van der Waals surface area contributed by atoms with Gasteiger partial charge in [-0.3, -0.25) is 4.79 Å². The van der Waals surface area contributed by atoms with Crippen LogP contribution in [0.4, 0.5) is 4.39 Å². The number of thioether (sulfide) groups is 1. The van der Waals surface area contributed by atoms with E-state index in [0.717, 1.165) is 72.9 Å². The lowest BCUT2D eigenvalue weighted by atomic mass is 9.49. The summed E-state index contributed by atoms with van der Waals surface area (Å²) in [5.41, 5.74) is 0.787. The SMILES string of the molecule is CCCCn1c(CNC(=O)C23CC4CC(CC(C4)C2)C3)nnc1SCc1cccc(F)c1. The van der Waals surface area contributed by atoms with Gasteiger partial charge in [0, 0.05) is 17.7 Å². The highest BCUT2D eigenvalue weighted by Gasteiger charge is 2.54. The van der Waals surface area contributed by atoms with Crippen LogP contribution in [0.1, 0.15) is 69.7 Å². The molecule has 0 spiro atoms. The van der Waals surface area contributed by atoms with Crippen molar-refractivity contribution in [2.45, 2.75) is 82.3 Å². The number of aromatic nitrogens is 3. The molecule has 32 heavy (non-hydrogen) atoms. The third-order valence-electron chi connectivity index (χ3n) is 7.71. The first-order valence-electron chi connectivity index (χ1n) is 12.1. The lowest BCUT2D eigenvalue weighted by Crippen LogP contribution is -2.53. The Morgan fingerprint density at radius 2 is 1.91 bits per heavy atom. The number of carbonyl (C=O) groups is 1. The molecule has 0 atom stereocenters. The molecule has 1 aromatic heterocycles. The fraction of sp³-hybridized carbons (Fsp3) is 0.640. The Bertz CT molecular complexity index is 939. The van der Waals surface area contributed by atoms with Gasteiger partial charge in [-0.05, 0) is 80.4 Å². The summed E-state index contributed by atoms with van der Waals surface area (Å²) in [6.45, 7) is 3.42. The first kappa shape index (κ1) is 21.9. The standard InChI is InChI=1S/C25H33FN4OS/c1-2-3-7-30-22(28-29-24(30)32-16-17-5-4-6-21(26)11-17)15-27-23(31)25-12-18-8-19(13-25)10-20(9-18)14-25/h4-6,11,18-20H,2-3,7-10,12-16H2,1H3,(H,27,31). The van der Waals surface area contributed by atoms with E-state index in [1.807, 2.05) is 6.07 Å². The molecule has 0 unspecified atom stereocenters. The average molecular weight is 457 g/mol. The molecule has 2 aromatic rings. The summed E-state index contributed by atoms with van der Waals surface area (Å²) < 4.78 is 15.6. The molecule has 1 heterocycles. The number of rotatable bonds is 9. The Hall–Kier alpha value is -1.89. The number of amides is 1. The molecule has 172 valence electrons. The maximum atomic E-state index is 13.5. The van der Waals surface area contributed by atoms with Crippen LogP contribution < -0.4 is 5.32 Å². The molecule has 1 aromatic carbocycles. The highest BCUT2D eigenvalue weighted by molar-refractivity contribution is 7.98. The average Bonchev–Trinajstić information content (AvgIpc) is 3.15. The molecule has 4 saturated carbocycles. The van der Waals surface area contributed by atoms with Crippen molar-refractivity contribution in [3.05, 3.63) is 41.5 Å². The molecule has 4 aliphatic rings. The molecule has 0 radical (unpaired) electrons. The Balaban J connectivity index is 1.25. The number of carbonyl (C=O) groups excluding carboxylic acids is 1. The van der Waals surface area contributed by atoms with Crippen LogP contribution in [0.25, 0.3) is 0 Å². The Kier molecular flexibility index (Phi) is 6.28. The van der Waals surface area contributed by atoms with Crippen molar-refractivity contribution in [3.8, 4) is 0 Å². The van der Waals surface area contributed by atoms with Gasteiger partial charge in [0.1, 0.15) is 5.82 Å². The minimum Gasteiger partial charge on any atom is -0.348 e. The van der Waals surface area contributed by atoms with Crippen molar-refractivity contribution in [2.24, 2.45) is 23.2 Å². The van der Waals surface area contributed by atoms with E-state index in [2.05, 4.69) is 27.0 Å². The maximum absolute atomic E-state index is 13.5. The van der Waals surface area contributed by atoms with E-state index in [-0.39, 0.29) is 17.1 Å². The van der Waals surface area contributed by atoms with Crippen molar-refractivity contribution in [1.29, 1.82) is 0 Å². The van der Waals surface area contributed by atoms with Crippen LogP contribution in [-0.2, 0) is 23.6 Å². The fourth-order valence-electron chi connectivity index (χ4n) is 6.61. The summed E-state index contributed by atoms with van der Waals surface area (Å²) in [7, 11) is 0. The number of hydrogen-bond donors (Lipinski definition) is 1. The minimum absolute atomic E-state index is 0.141. The highest BCUT2D eigenvalue weighted by Crippen LogP contribution is 2.60. The van der Waals surface area contributed by atoms with E-state index in [1.165, 1.54) is 25.3 Å². The van der Waals surface area contributed by atoms with E-state index in [4.69, 9.17) is 0 Å². The first-order chi connectivity index (χ1) is 15.5. The second kappa shape index (κ2) is 9.16. The van der Waals surface area contributed by atoms with Crippen molar-refractivity contribution in [3.63, 3.8) is 0 Å². The minimum atomic E-state index is -0.219. The first-order valence-corrected chi connectivity index (χ1v) is 13.1. The maximum Gasteiger partial charge on any atom is 0.226 e. The molecule has 0 aliphatic heterocycles.